The van der Waals surface area contributed by atoms with Crippen molar-refractivity contribution >= 4 is 5.71 Å². The van der Waals surface area contributed by atoms with Crippen molar-refractivity contribution < 1.29 is 27.5 Å². The smallest absolute Gasteiger partial charge is 0.391 e. The second kappa shape index (κ2) is 11.0. The maximum atomic E-state index is 13.2. The van der Waals surface area contributed by atoms with Gasteiger partial charge in [-0.1, -0.05) is 65.8 Å². The highest BCUT2D eigenvalue weighted by molar-refractivity contribution is 6.01. The molecule has 0 aromatic heterocycles. The molecule has 4 rings (SSSR count). The Balaban J connectivity index is 1.45. The van der Waals surface area contributed by atoms with E-state index in [0.717, 1.165) is 23.3 Å². The molecule has 2 unspecified atom stereocenters. The maximum Gasteiger partial charge on any atom is 0.416 e. The van der Waals surface area contributed by atoms with Gasteiger partial charge in [0.05, 0.1) is 17.4 Å². The van der Waals surface area contributed by atoms with E-state index in [4.69, 9.17) is 4.84 Å². The minimum atomic E-state index is -4.43. The van der Waals surface area contributed by atoms with Gasteiger partial charge >= 0.3 is 6.18 Å². The number of aliphatic hydroxyl groups excluding tert-OH is 1. The highest BCUT2D eigenvalue weighted by atomic mass is 19.4. The third kappa shape index (κ3) is 7.13. The van der Waals surface area contributed by atoms with E-state index < -0.39 is 17.8 Å². The average molecular weight is 487 g/mol. The lowest BCUT2D eigenvalue weighted by atomic mass is 10.0. The molecule has 0 saturated carbocycles. The molecular formula is C27H26F4N2O2. The Kier molecular flexibility index (Phi) is 7.83. The molecule has 0 amide bonds. The molecule has 1 heterocycles. The maximum absolute atomic E-state index is 13.2. The molecular weight excluding hydrogens is 460 g/mol. The average Bonchev–Trinajstić information content (AvgIpc) is 3.28. The van der Waals surface area contributed by atoms with Crippen molar-refractivity contribution in [2.24, 2.45) is 5.16 Å². The van der Waals surface area contributed by atoms with Crippen LogP contribution in [0.2, 0.25) is 0 Å². The molecule has 0 fully saturated rings. The summed E-state index contributed by atoms with van der Waals surface area (Å²) in [6.07, 6.45) is -4.60. The number of rotatable bonds is 9. The lowest BCUT2D eigenvalue weighted by Gasteiger charge is -2.27. The van der Waals surface area contributed by atoms with Gasteiger partial charge in [0.15, 0.2) is 0 Å². The van der Waals surface area contributed by atoms with Crippen molar-refractivity contribution in [1.29, 1.82) is 0 Å². The molecule has 1 aliphatic heterocycles. The van der Waals surface area contributed by atoms with Crippen LogP contribution in [0, 0.1) is 5.82 Å². The van der Waals surface area contributed by atoms with Crippen molar-refractivity contribution in [3.63, 3.8) is 0 Å². The molecule has 0 aliphatic carbocycles. The van der Waals surface area contributed by atoms with Crippen molar-refractivity contribution in [3.05, 3.63) is 107 Å². The standard InChI is InChI=1S/C27H26F4N2O2/c28-23-11-9-21(10-12-23)26-15-25(35-32-26)18-33(17-24(34)14-19-5-2-1-3-6-19)16-20-7-4-8-22(13-20)27(29,30)31/h1-13,24-25,34H,14-18H2. The first kappa shape index (κ1) is 24.9. The zero-order chi connectivity index (χ0) is 24.8. The van der Waals surface area contributed by atoms with Gasteiger partial charge < -0.3 is 9.94 Å². The minimum Gasteiger partial charge on any atom is -0.391 e. The summed E-state index contributed by atoms with van der Waals surface area (Å²) in [5, 5.41) is 14.9. The number of oxime groups is 1. The fourth-order valence-electron chi connectivity index (χ4n) is 4.18. The third-order valence-corrected chi connectivity index (χ3v) is 5.82. The van der Waals surface area contributed by atoms with Crippen molar-refractivity contribution in [1.82, 2.24) is 4.90 Å². The zero-order valence-corrected chi connectivity index (χ0v) is 19.0. The van der Waals surface area contributed by atoms with Crippen LogP contribution >= 0.6 is 0 Å². The van der Waals surface area contributed by atoms with Crippen LogP contribution < -0.4 is 0 Å². The highest BCUT2D eigenvalue weighted by Crippen LogP contribution is 2.30. The van der Waals surface area contributed by atoms with Gasteiger partial charge in [0, 0.05) is 26.1 Å². The van der Waals surface area contributed by atoms with E-state index in [0.29, 0.717) is 30.7 Å². The second-order valence-corrected chi connectivity index (χ2v) is 8.71. The van der Waals surface area contributed by atoms with E-state index in [2.05, 4.69) is 5.16 Å². The number of hydrogen-bond donors (Lipinski definition) is 1. The van der Waals surface area contributed by atoms with E-state index in [1.165, 1.54) is 18.2 Å². The number of aliphatic hydroxyl groups is 1. The Bertz CT molecular complexity index is 1130. The summed E-state index contributed by atoms with van der Waals surface area (Å²) in [4.78, 5) is 7.47. The molecule has 0 saturated heterocycles. The Morgan fingerprint density at radius 2 is 1.69 bits per heavy atom. The molecule has 0 bridgehead atoms. The van der Waals surface area contributed by atoms with Crippen LogP contribution in [-0.2, 0) is 24.0 Å². The van der Waals surface area contributed by atoms with Crippen molar-refractivity contribution in [2.75, 3.05) is 13.1 Å². The van der Waals surface area contributed by atoms with E-state index in [1.54, 1.807) is 18.2 Å². The van der Waals surface area contributed by atoms with Gasteiger partial charge in [-0.05, 0) is 41.3 Å². The molecule has 0 radical (unpaired) electrons. The molecule has 4 nitrogen and oxygen atoms in total. The first-order valence-electron chi connectivity index (χ1n) is 11.4. The lowest BCUT2D eigenvalue weighted by molar-refractivity contribution is -0.137. The number of alkyl halides is 3. The lowest BCUT2D eigenvalue weighted by Crippen LogP contribution is -2.38. The van der Waals surface area contributed by atoms with Crippen LogP contribution in [0.15, 0.2) is 84.0 Å². The van der Waals surface area contributed by atoms with E-state index in [1.807, 2.05) is 35.2 Å². The summed E-state index contributed by atoms with van der Waals surface area (Å²) in [6.45, 7) is 0.814. The largest absolute Gasteiger partial charge is 0.416 e. The summed E-state index contributed by atoms with van der Waals surface area (Å²) in [6, 6.07) is 20.7. The quantitative estimate of drug-likeness (QED) is 0.410. The highest BCUT2D eigenvalue weighted by Gasteiger charge is 2.31. The molecule has 8 heteroatoms. The SMILES string of the molecule is OC(Cc1ccccc1)CN(Cc1cccc(C(F)(F)F)c1)CC1CC(c2ccc(F)cc2)=NO1. The van der Waals surface area contributed by atoms with Gasteiger partial charge in [0.1, 0.15) is 11.9 Å². The summed E-state index contributed by atoms with van der Waals surface area (Å²) >= 11 is 0. The third-order valence-electron chi connectivity index (χ3n) is 5.82. The van der Waals surface area contributed by atoms with Crippen LogP contribution in [0.4, 0.5) is 17.6 Å². The monoisotopic (exact) mass is 486 g/mol. The normalized spacial score (nSPS) is 16.7. The number of benzene rings is 3. The molecule has 2 atom stereocenters. The van der Waals surface area contributed by atoms with E-state index in [-0.39, 0.29) is 25.0 Å². The molecule has 1 N–H and O–H groups in total. The second-order valence-electron chi connectivity index (χ2n) is 8.71. The zero-order valence-electron chi connectivity index (χ0n) is 19.0. The van der Waals surface area contributed by atoms with Crippen molar-refractivity contribution in [2.45, 2.75) is 37.8 Å². The number of nitrogens with zero attached hydrogens (tertiary/aromatic N) is 2. The minimum absolute atomic E-state index is 0.210. The number of hydrogen-bond acceptors (Lipinski definition) is 4. The molecule has 184 valence electrons. The van der Waals surface area contributed by atoms with Gasteiger partial charge in [-0.25, -0.2) is 4.39 Å². The van der Waals surface area contributed by atoms with Gasteiger partial charge in [-0.2, -0.15) is 13.2 Å². The Morgan fingerprint density at radius 1 is 0.971 bits per heavy atom. The van der Waals surface area contributed by atoms with Gasteiger partial charge in [0.25, 0.3) is 0 Å². The van der Waals surface area contributed by atoms with E-state index >= 15 is 0 Å². The molecule has 3 aromatic rings. The van der Waals surface area contributed by atoms with Crippen LogP contribution in [0.5, 0.6) is 0 Å². The molecule has 3 aromatic carbocycles. The molecule has 0 spiro atoms. The summed E-state index contributed by atoms with van der Waals surface area (Å²) < 4.78 is 52.8. The van der Waals surface area contributed by atoms with Gasteiger partial charge in [0.2, 0.25) is 0 Å². The van der Waals surface area contributed by atoms with Crippen LogP contribution in [0.3, 0.4) is 0 Å². The summed E-state index contributed by atoms with van der Waals surface area (Å²) in [7, 11) is 0. The predicted octanol–water partition coefficient (Wildman–Crippen LogP) is 5.44. The fourth-order valence-corrected chi connectivity index (χ4v) is 4.18. The van der Waals surface area contributed by atoms with Crippen LogP contribution in [-0.4, -0.2) is 41.0 Å². The Hall–Kier alpha value is -3.23. The number of halogens is 4. The topological polar surface area (TPSA) is 45.1 Å². The Morgan fingerprint density at radius 3 is 2.40 bits per heavy atom. The summed E-state index contributed by atoms with van der Waals surface area (Å²) in [5.41, 5.74) is 2.18. The van der Waals surface area contributed by atoms with Crippen molar-refractivity contribution in [3.8, 4) is 0 Å². The molecule has 35 heavy (non-hydrogen) atoms. The fraction of sp³-hybridized carbons (Fsp3) is 0.296. The predicted molar refractivity (Wildman–Crippen MR) is 125 cm³/mol. The van der Waals surface area contributed by atoms with Gasteiger partial charge in [-0.3, -0.25) is 4.90 Å². The summed E-state index contributed by atoms with van der Waals surface area (Å²) in [5.74, 6) is -0.343. The van der Waals surface area contributed by atoms with E-state index in [9.17, 15) is 22.7 Å². The first-order chi connectivity index (χ1) is 16.8. The van der Waals surface area contributed by atoms with Crippen LogP contribution in [0.25, 0.3) is 0 Å². The van der Waals surface area contributed by atoms with Gasteiger partial charge in [-0.15, -0.1) is 0 Å². The van der Waals surface area contributed by atoms with Crippen LogP contribution in [0.1, 0.15) is 28.7 Å². The Labute approximate surface area is 201 Å². The molecule has 1 aliphatic rings. The first-order valence-corrected chi connectivity index (χ1v) is 11.4.